The summed E-state index contributed by atoms with van der Waals surface area (Å²) in [5.74, 6) is -0.164. The monoisotopic (exact) mass is 787 g/mol. The number of anilines is 1. The average molecular weight is 788 g/mol. The number of carbonyl (C=O) groups is 3. The van der Waals surface area contributed by atoms with Crippen LogP contribution in [0.2, 0.25) is 0 Å². The van der Waals surface area contributed by atoms with Gasteiger partial charge >= 0.3 is 0 Å². The first kappa shape index (κ1) is 39.2. The summed E-state index contributed by atoms with van der Waals surface area (Å²) >= 11 is 0. The normalized spacial score (nSPS) is 11.7. The number of carbonyl (C=O) groups excluding carboxylic acids is 3. The van der Waals surface area contributed by atoms with Crippen molar-refractivity contribution in [1.82, 2.24) is 43.6 Å². The smallest absolute Gasteiger partial charge is 0.276 e. The lowest BCUT2D eigenvalue weighted by Gasteiger charge is -2.13. The summed E-state index contributed by atoms with van der Waals surface area (Å²) in [6, 6.07) is 10.1. The van der Waals surface area contributed by atoms with Gasteiger partial charge in [-0.3, -0.25) is 29.1 Å². The molecule has 0 atom stereocenters. The summed E-state index contributed by atoms with van der Waals surface area (Å²) in [7, 11) is 1.53. The fourth-order valence-electron chi connectivity index (χ4n) is 7.05. The van der Waals surface area contributed by atoms with Gasteiger partial charge < -0.3 is 35.8 Å². The van der Waals surface area contributed by atoms with E-state index in [1.807, 2.05) is 55.2 Å². The molecule has 0 fully saturated rings. The van der Waals surface area contributed by atoms with Crippen molar-refractivity contribution >= 4 is 56.6 Å². The summed E-state index contributed by atoms with van der Waals surface area (Å²) < 4.78 is 19.2. The zero-order chi connectivity index (χ0) is 41.2. The molecule has 300 valence electrons. The van der Waals surface area contributed by atoms with Crippen LogP contribution in [0.5, 0.6) is 11.5 Å². The first-order chi connectivity index (χ1) is 28.0. The number of aryl methyl sites for hydroxylation is 4. The molecule has 0 aliphatic rings. The molecule has 0 spiro atoms. The van der Waals surface area contributed by atoms with Crippen molar-refractivity contribution in [2.75, 3.05) is 25.6 Å². The molecule has 0 radical (unpaired) electrons. The minimum absolute atomic E-state index is 0.200. The Hall–Kier alpha value is -7.08. The van der Waals surface area contributed by atoms with Gasteiger partial charge in [-0.15, -0.1) is 0 Å². The van der Waals surface area contributed by atoms with E-state index in [9.17, 15) is 14.4 Å². The first-order valence-corrected chi connectivity index (χ1v) is 18.8. The highest BCUT2D eigenvalue weighted by atomic mass is 16.5. The van der Waals surface area contributed by atoms with Gasteiger partial charge in [0.25, 0.3) is 5.91 Å². The Balaban J connectivity index is 1.33. The van der Waals surface area contributed by atoms with Gasteiger partial charge in [-0.1, -0.05) is 12.2 Å². The Labute approximate surface area is 332 Å². The number of methoxy groups -OCH3 is 1. The van der Waals surface area contributed by atoms with Crippen LogP contribution in [0.3, 0.4) is 0 Å². The van der Waals surface area contributed by atoms with E-state index in [2.05, 4.69) is 15.5 Å². The second-order valence-corrected chi connectivity index (χ2v) is 13.6. The predicted molar refractivity (Wildman–Crippen MR) is 219 cm³/mol. The molecule has 7 aromatic rings. The minimum Gasteiger partial charge on any atom is -0.495 e. The number of primary amides is 2. The Kier molecular flexibility index (Phi) is 10.9. The molecule has 5 aromatic heterocycles. The highest BCUT2D eigenvalue weighted by molar-refractivity contribution is 6.12. The van der Waals surface area contributed by atoms with Gasteiger partial charge in [0.05, 0.1) is 36.1 Å². The van der Waals surface area contributed by atoms with Crippen molar-refractivity contribution in [3.8, 4) is 23.0 Å². The maximum atomic E-state index is 13.7. The molecule has 5 heterocycles. The van der Waals surface area contributed by atoms with Crippen molar-refractivity contribution in [3.63, 3.8) is 0 Å². The molecule has 0 saturated heterocycles. The van der Waals surface area contributed by atoms with Crippen LogP contribution < -0.4 is 32.0 Å². The number of nitrogens with zero attached hydrogens (tertiary/aromatic N) is 9. The number of ether oxygens (including phenoxy) is 2. The van der Waals surface area contributed by atoms with Crippen molar-refractivity contribution in [2.24, 2.45) is 17.2 Å². The van der Waals surface area contributed by atoms with E-state index >= 15 is 0 Å². The van der Waals surface area contributed by atoms with E-state index in [1.54, 1.807) is 45.8 Å². The Morgan fingerprint density at radius 3 is 2.17 bits per heavy atom. The molecule has 3 amide bonds. The summed E-state index contributed by atoms with van der Waals surface area (Å²) in [5, 5.41) is 13.3. The van der Waals surface area contributed by atoms with Crippen LogP contribution in [0.4, 0.5) is 5.95 Å². The molecule has 58 heavy (non-hydrogen) atoms. The maximum absolute atomic E-state index is 13.7. The fourth-order valence-corrected chi connectivity index (χ4v) is 7.05. The van der Waals surface area contributed by atoms with E-state index < -0.39 is 17.7 Å². The SMILES string of the molecule is CCn1nc(C)cc1C(=O)Nc1nc2cc(C(N)=O)cc(OCCCN)c2n1C/C=C/Cn1c2nc(-c3cc(C)nn3CC)ncc2c2cc(C(N)=O)cc(OC)c21. The van der Waals surface area contributed by atoms with Gasteiger partial charge in [0.1, 0.15) is 34.1 Å². The van der Waals surface area contributed by atoms with E-state index in [0.29, 0.717) is 94.3 Å². The lowest BCUT2D eigenvalue weighted by Crippen LogP contribution is -2.20. The summed E-state index contributed by atoms with van der Waals surface area (Å²) in [4.78, 5) is 53.0. The molecule has 18 heteroatoms. The number of hydrogen-bond donors (Lipinski definition) is 4. The van der Waals surface area contributed by atoms with Crippen LogP contribution in [0, 0.1) is 13.8 Å². The topological polar surface area (TPSA) is 244 Å². The van der Waals surface area contributed by atoms with E-state index in [-0.39, 0.29) is 30.2 Å². The Morgan fingerprint density at radius 1 is 0.810 bits per heavy atom. The number of amides is 3. The van der Waals surface area contributed by atoms with E-state index in [4.69, 9.17) is 41.6 Å². The van der Waals surface area contributed by atoms with E-state index in [0.717, 1.165) is 11.4 Å². The molecule has 0 aliphatic carbocycles. The van der Waals surface area contributed by atoms with Crippen molar-refractivity contribution in [1.29, 1.82) is 0 Å². The predicted octanol–water partition coefficient (Wildman–Crippen LogP) is 4.09. The molecule has 0 aliphatic heterocycles. The number of fused-ring (bicyclic) bond motifs is 4. The average Bonchev–Trinajstić information content (AvgIpc) is 3.97. The number of imidazole rings is 1. The lowest BCUT2D eigenvalue weighted by atomic mass is 10.1. The number of hydrogen-bond acceptors (Lipinski definition) is 11. The number of allylic oxidation sites excluding steroid dienone is 2. The highest BCUT2D eigenvalue weighted by Gasteiger charge is 2.23. The van der Waals surface area contributed by atoms with E-state index in [1.165, 1.54) is 7.11 Å². The Bertz CT molecular complexity index is 2750. The number of nitrogens with one attached hydrogen (secondary N) is 1. The largest absolute Gasteiger partial charge is 0.495 e. The summed E-state index contributed by atoms with van der Waals surface area (Å²) in [6.45, 7) is 9.96. The van der Waals surface area contributed by atoms with Gasteiger partial charge in [-0.2, -0.15) is 10.2 Å². The van der Waals surface area contributed by atoms with Gasteiger partial charge in [-0.25, -0.2) is 15.0 Å². The first-order valence-electron chi connectivity index (χ1n) is 18.8. The summed E-state index contributed by atoms with van der Waals surface area (Å²) in [5.41, 5.74) is 22.6. The molecule has 7 N–H and O–H groups in total. The lowest BCUT2D eigenvalue weighted by molar-refractivity contribution is 0.0991. The van der Waals surface area contributed by atoms with Gasteiger partial charge in [-0.05, 0) is 77.1 Å². The molecule has 0 bridgehead atoms. The summed E-state index contributed by atoms with van der Waals surface area (Å²) in [6.07, 6.45) is 6.16. The third-order valence-corrected chi connectivity index (χ3v) is 9.69. The number of benzene rings is 2. The number of aromatic nitrogens is 9. The minimum atomic E-state index is -0.654. The van der Waals surface area contributed by atoms with Crippen LogP contribution in [0.25, 0.3) is 44.5 Å². The molecule has 18 nitrogen and oxygen atoms in total. The molecule has 0 saturated carbocycles. The maximum Gasteiger partial charge on any atom is 0.276 e. The number of nitrogens with two attached hydrogens (primary N) is 3. The van der Waals surface area contributed by atoms with Gasteiger partial charge in [0.2, 0.25) is 17.8 Å². The Morgan fingerprint density at radius 2 is 1.48 bits per heavy atom. The van der Waals surface area contributed by atoms with Crippen molar-refractivity contribution in [2.45, 2.75) is 60.3 Å². The number of rotatable bonds is 16. The van der Waals surface area contributed by atoms with Crippen LogP contribution >= 0.6 is 0 Å². The quantitative estimate of drug-likeness (QED) is 0.0803. The van der Waals surface area contributed by atoms with Gasteiger partial charge in [0.15, 0.2) is 5.82 Å². The molecular formula is C40H45N13O5. The highest BCUT2D eigenvalue weighted by Crippen LogP contribution is 2.37. The third-order valence-electron chi connectivity index (χ3n) is 9.69. The van der Waals surface area contributed by atoms with Crippen LogP contribution in [0.15, 0.2) is 54.7 Å². The molecule has 7 rings (SSSR count). The molecular weight excluding hydrogens is 743 g/mol. The van der Waals surface area contributed by atoms with Crippen LogP contribution in [-0.4, -0.2) is 81.6 Å². The van der Waals surface area contributed by atoms with Crippen LogP contribution in [-0.2, 0) is 26.2 Å². The zero-order valence-electron chi connectivity index (χ0n) is 32.9. The molecule has 0 unspecified atom stereocenters. The van der Waals surface area contributed by atoms with Crippen LogP contribution in [0.1, 0.15) is 62.9 Å². The second-order valence-electron chi connectivity index (χ2n) is 13.6. The zero-order valence-corrected chi connectivity index (χ0v) is 32.9. The van der Waals surface area contributed by atoms with Crippen molar-refractivity contribution in [3.05, 3.63) is 83.0 Å². The van der Waals surface area contributed by atoms with Gasteiger partial charge in [0, 0.05) is 54.3 Å². The second kappa shape index (κ2) is 16.2. The molecule has 2 aromatic carbocycles. The fraction of sp³-hybridized carbons (Fsp3) is 0.300. The van der Waals surface area contributed by atoms with Crippen molar-refractivity contribution < 1.29 is 23.9 Å². The standard InChI is InChI=1S/C40H45N13O5/c1-6-52-29(15-22(3)48-52)37-44-21-27-26-17-24(35(42)54)19-31(57-5)33(26)50(38(27)46-37)12-8-9-13-51-34-28(18-25(36(43)55)20-32(34)58-14-10-11-41)45-40(51)47-39(56)30-16-23(4)49-53(30)7-2/h8-9,15-21H,6-7,10-14,41H2,1-5H3,(H2,42,54)(H2,43,55)(H,45,47,56)/b9-8+. The third kappa shape index (κ3) is 7.32.